The van der Waals surface area contributed by atoms with Gasteiger partial charge in [-0.25, -0.2) is 4.39 Å². The number of thioether (sulfide) groups is 1. The van der Waals surface area contributed by atoms with E-state index in [1.807, 2.05) is 11.8 Å². The zero-order valence-electron chi connectivity index (χ0n) is 10.1. The summed E-state index contributed by atoms with van der Waals surface area (Å²) in [5.41, 5.74) is 6.02. The number of carbonyl (C=O) groups excluding carboxylic acids is 1. The molecule has 18 heavy (non-hydrogen) atoms. The van der Waals surface area contributed by atoms with Crippen LogP contribution in [0.1, 0.15) is 19.3 Å². The molecule has 2 rings (SSSR count). The Kier molecular flexibility index (Phi) is 4.47. The third-order valence-electron chi connectivity index (χ3n) is 3.08. The average molecular weight is 268 g/mol. The van der Waals surface area contributed by atoms with Crippen LogP contribution >= 0.6 is 11.8 Å². The third kappa shape index (κ3) is 3.63. The van der Waals surface area contributed by atoms with Crippen LogP contribution in [0.2, 0.25) is 0 Å². The van der Waals surface area contributed by atoms with E-state index in [4.69, 9.17) is 5.73 Å². The van der Waals surface area contributed by atoms with Gasteiger partial charge in [0, 0.05) is 12.1 Å². The van der Waals surface area contributed by atoms with Crippen molar-refractivity contribution in [1.82, 2.24) is 0 Å². The quantitative estimate of drug-likeness (QED) is 0.829. The van der Waals surface area contributed by atoms with Crippen molar-refractivity contribution in [2.75, 3.05) is 22.6 Å². The molecule has 0 unspecified atom stereocenters. The summed E-state index contributed by atoms with van der Waals surface area (Å²) in [6.45, 7) is 0. The highest BCUT2D eigenvalue weighted by Crippen LogP contribution is 2.26. The van der Waals surface area contributed by atoms with E-state index in [1.165, 1.54) is 12.1 Å². The van der Waals surface area contributed by atoms with E-state index in [2.05, 4.69) is 5.32 Å². The SMILES string of the molecule is Nc1ccc(NC(=O)CC2CCSCC2)c(F)c1. The number of nitrogens with one attached hydrogen (secondary N) is 1. The molecule has 1 amide bonds. The first kappa shape index (κ1) is 13.2. The van der Waals surface area contributed by atoms with Crippen molar-refractivity contribution in [3.8, 4) is 0 Å². The topological polar surface area (TPSA) is 55.1 Å². The van der Waals surface area contributed by atoms with Crippen molar-refractivity contribution < 1.29 is 9.18 Å². The maximum Gasteiger partial charge on any atom is 0.224 e. The first-order valence-corrected chi connectivity index (χ1v) is 7.23. The van der Waals surface area contributed by atoms with Crippen molar-refractivity contribution in [1.29, 1.82) is 0 Å². The van der Waals surface area contributed by atoms with Gasteiger partial charge in [-0.2, -0.15) is 11.8 Å². The number of halogens is 1. The summed E-state index contributed by atoms with van der Waals surface area (Å²) in [4.78, 5) is 11.8. The molecule has 1 aromatic carbocycles. The fourth-order valence-corrected chi connectivity index (χ4v) is 3.25. The molecule has 0 bridgehead atoms. The summed E-state index contributed by atoms with van der Waals surface area (Å²) in [6, 6.07) is 4.29. The number of nitrogens with two attached hydrogens (primary N) is 1. The molecule has 0 aromatic heterocycles. The molecule has 5 heteroatoms. The molecule has 0 radical (unpaired) electrons. The lowest BCUT2D eigenvalue weighted by molar-refractivity contribution is -0.117. The minimum absolute atomic E-state index is 0.115. The predicted octanol–water partition coefficient (Wildman–Crippen LogP) is 2.88. The summed E-state index contributed by atoms with van der Waals surface area (Å²) < 4.78 is 13.5. The van der Waals surface area contributed by atoms with E-state index in [1.54, 1.807) is 6.07 Å². The highest BCUT2D eigenvalue weighted by Gasteiger charge is 2.17. The highest BCUT2D eigenvalue weighted by molar-refractivity contribution is 7.99. The normalized spacial score (nSPS) is 16.5. The number of nitrogen functional groups attached to an aromatic ring is 1. The van der Waals surface area contributed by atoms with Crippen LogP contribution in [0, 0.1) is 11.7 Å². The van der Waals surface area contributed by atoms with Gasteiger partial charge in [0.25, 0.3) is 0 Å². The van der Waals surface area contributed by atoms with Crippen LogP contribution in [-0.4, -0.2) is 17.4 Å². The molecule has 1 aliphatic heterocycles. The van der Waals surface area contributed by atoms with E-state index < -0.39 is 5.82 Å². The first-order chi connectivity index (χ1) is 8.65. The monoisotopic (exact) mass is 268 g/mol. The first-order valence-electron chi connectivity index (χ1n) is 6.08. The Hall–Kier alpha value is -1.23. The zero-order chi connectivity index (χ0) is 13.0. The van der Waals surface area contributed by atoms with Crippen molar-refractivity contribution in [3.05, 3.63) is 24.0 Å². The Morgan fingerprint density at radius 1 is 1.44 bits per heavy atom. The van der Waals surface area contributed by atoms with Crippen LogP contribution in [0.15, 0.2) is 18.2 Å². The number of hydrogen-bond donors (Lipinski definition) is 2. The number of rotatable bonds is 3. The minimum Gasteiger partial charge on any atom is -0.399 e. The van der Waals surface area contributed by atoms with Gasteiger partial charge in [0.05, 0.1) is 5.69 Å². The van der Waals surface area contributed by atoms with Crippen molar-refractivity contribution in [2.24, 2.45) is 5.92 Å². The molecule has 0 atom stereocenters. The number of anilines is 2. The second-order valence-electron chi connectivity index (χ2n) is 4.55. The smallest absolute Gasteiger partial charge is 0.224 e. The lowest BCUT2D eigenvalue weighted by atomic mass is 9.98. The van der Waals surface area contributed by atoms with Crippen LogP contribution in [0.5, 0.6) is 0 Å². The summed E-state index contributed by atoms with van der Waals surface area (Å²) in [5.74, 6) is 2.07. The summed E-state index contributed by atoms with van der Waals surface area (Å²) in [5, 5.41) is 2.61. The molecule has 3 N–H and O–H groups in total. The third-order valence-corrected chi connectivity index (χ3v) is 4.13. The van der Waals surface area contributed by atoms with E-state index in [0.29, 0.717) is 18.0 Å². The number of carbonyl (C=O) groups is 1. The maximum atomic E-state index is 13.5. The van der Waals surface area contributed by atoms with Crippen LogP contribution in [0.3, 0.4) is 0 Å². The predicted molar refractivity (Wildman–Crippen MR) is 74.1 cm³/mol. The van der Waals surface area contributed by atoms with Gasteiger partial charge < -0.3 is 11.1 Å². The molecular weight excluding hydrogens is 251 g/mol. The van der Waals surface area contributed by atoms with Crippen LogP contribution < -0.4 is 11.1 Å². The van der Waals surface area contributed by atoms with Gasteiger partial charge in [-0.05, 0) is 48.5 Å². The highest BCUT2D eigenvalue weighted by atomic mass is 32.2. The number of benzene rings is 1. The van der Waals surface area contributed by atoms with Gasteiger partial charge in [0.1, 0.15) is 5.82 Å². The van der Waals surface area contributed by atoms with Crippen LogP contribution in [0.4, 0.5) is 15.8 Å². The molecule has 0 aliphatic carbocycles. The fourth-order valence-electron chi connectivity index (χ4n) is 2.05. The summed E-state index contributed by atoms with van der Waals surface area (Å²) in [6.07, 6.45) is 2.62. The molecule has 98 valence electrons. The lowest BCUT2D eigenvalue weighted by Gasteiger charge is -2.20. The van der Waals surface area contributed by atoms with Gasteiger partial charge in [-0.1, -0.05) is 0 Å². The Labute approximate surface area is 110 Å². The van der Waals surface area contributed by atoms with E-state index in [9.17, 15) is 9.18 Å². The van der Waals surface area contributed by atoms with E-state index in [-0.39, 0.29) is 11.6 Å². The van der Waals surface area contributed by atoms with Crippen LogP contribution in [-0.2, 0) is 4.79 Å². The van der Waals surface area contributed by atoms with E-state index in [0.717, 1.165) is 24.3 Å². The molecule has 1 aliphatic rings. The maximum absolute atomic E-state index is 13.5. The second-order valence-corrected chi connectivity index (χ2v) is 5.77. The van der Waals surface area contributed by atoms with Gasteiger partial charge in [0.2, 0.25) is 5.91 Å². The zero-order valence-corrected chi connectivity index (χ0v) is 10.9. The largest absolute Gasteiger partial charge is 0.399 e. The number of hydrogen-bond acceptors (Lipinski definition) is 3. The van der Waals surface area contributed by atoms with E-state index >= 15 is 0 Å². The minimum atomic E-state index is -0.484. The molecule has 0 saturated carbocycles. The number of amides is 1. The van der Waals surface area contributed by atoms with Crippen LogP contribution in [0.25, 0.3) is 0 Å². The fraction of sp³-hybridized carbons (Fsp3) is 0.462. The van der Waals surface area contributed by atoms with Gasteiger partial charge >= 0.3 is 0 Å². The molecule has 1 saturated heterocycles. The van der Waals surface area contributed by atoms with Gasteiger partial charge in [-0.15, -0.1) is 0 Å². The molecule has 1 aromatic rings. The second kappa shape index (κ2) is 6.09. The Morgan fingerprint density at radius 2 is 2.17 bits per heavy atom. The van der Waals surface area contributed by atoms with Crippen molar-refractivity contribution in [3.63, 3.8) is 0 Å². The Morgan fingerprint density at radius 3 is 2.83 bits per heavy atom. The molecule has 1 fully saturated rings. The average Bonchev–Trinajstić information content (AvgIpc) is 2.34. The lowest BCUT2D eigenvalue weighted by Crippen LogP contribution is -2.20. The molecular formula is C13H17FN2OS. The Bertz CT molecular complexity index is 433. The Balaban J connectivity index is 1.90. The summed E-state index contributed by atoms with van der Waals surface area (Å²) in [7, 11) is 0. The summed E-state index contributed by atoms with van der Waals surface area (Å²) >= 11 is 1.93. The molecule has 3 nitrogen and oxygen atoms in total. The van der Waals surface area contributed by atoms with Gasteiger partial charge in [0.15, 0.2) is 0 Å². The van der Waals surface area contributed by atoms with Crippen molar-refractivity contribution >= 4 is 29.0 Å². The van der Waals surface area contributed by atoms with Crippen molar-refractivity contribution in [2.45, 2.75) is 19.3 Å². The molecule has 1 heterocycles. The standard InChI is InChI=1S/C13H17FN2OS/c14-11-8-10(15)1-2-12(11)16-13(17)7-9-3-5-18-6-4-9/h1-2,8-9H,3-7,15H2,(H,16,17). The molecule has 0 spiro atoms. The van der Waals surface area contributed by atoms with Gasteiger partial charge in [-0.3, -0.25) is 4.79 Å².